The molecule has 0 aliphatic carbocycles. The third kappa shape index (κ3) is 4.75. The number of methoxy groups -OCH3 is 1. The average molecular weight is 330 g/mol. The summed E-state index contributed by atoms with van der Waals surface area (Å²) in [5, 5.41) is 6.47. The van der Waals surface area contributed by atoms with Crippen molar-refractivity contribution in [2.45, 2.75) is 40.8 Å². The Balaban J connectivity index is 2.00. The summed E-state index contributed by atoms with van der Waals surface area (Å²) < 4.78 is 10.9. The molecule has 0 unspecified atom stereocenters. The van der Waals surface area contributed by atoms with Gasteiger partial charge in [-0.05, 0) is 44.9 Å². The van der Waals surface area contributed by atoms with Gasteiger partial charge in [0.05, 0.1) is 25.9 Å². The van der Waals surface area contributed by atoms with Crippen LogP contribution in [0.1, 0.15) is 35.4 Å². The molecule has 0 atom stereocenters. The summed E-state index contributed by atoms with van der Waals surface area (Å²) >= 11 is 0. The molecule has 24 heavy (non-hydrogen) atoms. The summed E-state index contributed by atoms with van der Waals surface area (Å²) in [6.45, 7) is 9.80. The number of rotatable bonds is 6. The van der Waals surface area contributed by atoms with E-state index in [-0.39, 0.29) is 0 Å². The molecule has 0 saturated heterocycles. The number of benzene rings is 1. The van der Waals surface area contributed by atoms with Crippen LogP contribution >= 0.6 is 0 Å². The van der Waals surface area contributed by atoms with Gasteiger partial charge in [0.15, 0.2) is 5.96 Å². The fourth-order valence-electron chi connectivity index (χ4n) is 2.33. The molecule has 0 amide bonds. The van der Waals surface area contributed by atoms with Gasteiger partial charge in [0.25, 0.3) is 0 Å². The van der Waals surface area contributed by atoms with Crippen molar-refractivity contribution < 1.29 is 9.15 Å². The Labute approximate surface area is 143 Å². The minimum absolute atomic E-state index is 0.502. The van der Waals surface area contributed by atoms with Crippen molar-refractivity contribution in [1.29, 1.82) is 0 Å². The Morgan fingerprint density at radius 1 is 1.25 bits per heavy atom. The molecule has 0 aliphatic rings. The topological polar surface area (TPSA) is 71.7 Å². The van der Waals surface area contributed by atoms with Gasteiger partial charge in [-0.25, -0.2) is 9.98 Å². The maximum absolute atomic E-state index is 5.58. The van der Waals surface area contributed by atoms with Gasteiger partial charge < -0.3 is 19.8 Å². The maximum Gasteiger partial charge on any atom is 0.214 e. The highest BCUT2D eigenvalue weighted by Gasteiger charge is 2.06. The van der Waals surface area contributed by atoms with Crippen LogP contribution in [0.2, 0.25) is 0 Å². The number of aromatic nitrogens is 1. The van der Waals surface area contributed by atoms with Crippen LogP contribution in [0, 0.1) is 20.8 Å². The predicted molar refractivity (Wildman–Crippen MR) is 95.4 cm³/mol. The van der Waals surface area contributed by atoms with Gasteiger partial charge in [-0.2, -0.15) is 0 Å². The largest absolute Gasteiger partial charge is 0.496 e. The van der Waals surface area contributed by atoms with Gasteiger partial charge in [0.2, 0.25) is 5.89 Å². The lowest BCUT2D eigenvalue weighted by Gasteiger charge is -2.10. The first-order valence-electron chi connectivity index (χ1n) is 8.12. The number of hydrogen-bond donors (Lipinski definition) is 2. The predicted octanol–water partition coefficient (Wildman–Crippen LogP) is 2.86. The standard InChI is InChI=1S/C18H26N4O2/c1-6-19-18(21-11-17-22-13(3)14(4)24-17)20-10-15-7-8-16(23-5)12(2)9-15/h7-9H,6,10-11H2,1-5H3,(H2,19,20,21). The van der Waals surface area contributed by atoms with Crippen LogP contribution in [-0.4, -0.2) is 24.6 Å². The monoisotopic (exact) mass is 330 g/mol. The minimum Gasteiger partial charge on any atom is -0.496 e. The molecular weight excluding hydrogens is 304 g/mol. The van der Waals surface area contributed by atoms with E-state index < -0.39 is 0 Å². The molecule has 6 heteroatoms. The second kappa shape index (κ2) is 8.38. The van der Waals surface area contributed by atoms with Crippen LogP contribution in [0.25, 0.3) is 0 Å². The highest BCUT2D eigenvalue weighted by molar-refractivity contribution is 5.79. The second-order valence-electron chi connectivity index (χ2n) is 5.60. The number of nitrogens with one attached hydrogen (secondary N) is 2. The van der Waals surface area contributed by atoms with Crippen molar-refractivity contribution >= 4 is 5.96 Å². The Hall–Kier alpha value is -2.50. The first-order chi connectivity index (χ1) is 11.5. The van der Waals surface area contributed by atoms with Crippen molar-refractivity contribution in [3.63, 3.8) is 0 Å². The smallest absolute Gasteiger partial charge is 0.214 e. The van der Waals surface area contributed by atoms with E-state index in [9.17, 15) is 0 Å². The Morgan fingerprint density at radius 2 is 2.04 bits per heavy atom. The zero-order chi connectivity index (χ0) is 17.5. The van der Waals surface area contributed by atoms with E-state index in [1.807, 2.05) is 39.8 Å². The molecule has 0 aliphatic heterocycles. The summed E-state index contributed by atoms with van der Waals surface area (Å²) in [6, 6.07) is 6.09. The second-order valence-corrected chi connectivity index (χ2v) is 5.60. The van der Waals surface area contributed by atoms with Gasteiger partial charge in [0.1, 0.15) is 11.5 Å². The van der Waals surface area contributed by atoms with Gasteiger partial charge in [0, 0.05) is 6.54 Å². The molecule has 6 nitrogen and oxygen atoms in total. The summed E-state index contributed by atoms with van der Waals surface area (Å²) in [5.41, 5.74) is 3.16. The average Bonchev–Trinajstić information content (AvgIpc) is 2.88. The Morgan fingerprint density at radius 3 is 2.62 bits per heavy atom. The molecule has 2 N–H and O–H groups in total. The molecule has 1 aromatic carbocycles. The van der Waals surface area contributed by atoms with Crippen molar-refractivity contribution in [3.05, 3.63) is 46.7 Å². The van der Waals surface area contributed by atoms with Crippen LogP contribution in [0.4, 0.5) is 0 Å². The molecule has 0 fully saturated rings. The molecule has 0 saturated carbocycles. The number of oxazole rings is 1. The lowest BCUT2D eigenvalue weighted by Crippen LogP contribution is -2.36. The van der Waals surface area contributed by atoms with Crippen molar-refractivity contribution in [2.75, 3.05) is 13.7 Å². The van der Waals surface area contributed by atoms with Gasteiger partial charge >= 0.3 is 0 Å². The molecule has 0 radical (unpaired) electrons. The normalized spacial score (nSPS) is 11.5. The van der Waals surface area contributed by atoms with E-state index in [4.69, 9.17) is 9.15 Å². The lowest BCUT2D eigenvalue weighted by molar-refractivity contribution is 0.411. The van der Waals surface area contributed by atoms with Crippen molar-refractivity contribution in [1.82, 2.24) is 15.6 Å². The molecule has 0 spiro atoms. The molecular formula is C18H26N4O2. The van der Waals surface area contributed by atoms with E-state index in [0.717, 1.165) is 40.8 Å². The lowest BCUT2D eigenvalue weighted by atomic mass is 10.1. The summed E-state index contributed by atoms with van der Waals surface area (Å²) in [7, 11) is 1.68. The zero-order valence-corrected chi connectivity index (χ0v) is 15.1. The number of aliphatic imine (C=N–C) groups is 1. The number of aryl methyl sites for hydroxylation is 3. The quantitative estimate of drug-likeness (QED) is 0.629. The highest BCUT2D eigenvalue weighted by Crippen LogP contribution is 2.18. The van der Waals surface area contributed by atoms with E-state index in [1.54, 1.807) is 7.11 Å². The molecule has 1 heterocycles. The van der Waals surface area contributed by atoms with Crippen molar-refractivity contribution in [2.24, 2.45) is 4.99 Å². The maximum atomic E-state index is 5.58. The zero-order valence-electron chi connectivity index (χ0n) is 15.1. The Bertz CT molecular complexity index is 688. The fraction of sp³-hybridized carbons (Fsp3) is 0.444. The van der Waals surface area contributed by atoms with Gasteiger partial charge in [-0.15, -0.1) is 0 Å². The fourth-order valence-corrected chi connectivity index (χ4v) is 2.33. The van der Waals surface area contributed by atoms with Crippen LogP contribution in [0.15, 0.2) is 27.6 Å². The number of nitrogens with zero attached hydrogens (tertiary/aromatic N) is 2. The van der Waals surface area contributed by atoms with E-state index in [0.29, 0.717) is 19.0 Å². The first kappa shape index (κ1) is 17.8. The summed E-state index contributed by atoms with van der Waals surface area (Å²) in [4.78, 5) is 8.97. The first-order valence-corrected chi connectivity index (χ1v) is 8.12. The summed E-state index contributed by atoms with van der Waals surface area (Å²) in [6.07, 6.45) is 0. The molecule has 130 valence electrons. The van der Waals surface area contributed by atoms with Crippen LogP contribution < -0.4 is 15.4 Å². The van der Waals surface area contributed by atoms with Crippen LogP contribution in [-0.2, 0) is 13.1 Å². The third-order valence-corrected chi connectivity index (χ3v) is 3.70. The SMILES string of the molecule is CCNC(=NCc1ccc(OC)c(C)c1)NCc1nc(C)c(C)o1. The van der Waals surface area contributed by atoms with E-state index in [1.165, 1.54) is 0 Å². The van der Waals surface area contributed by atoms with E-state index in [2.05, 4.69) is 26.7 Å². The molecule has 2 rings (SSSR count). The third-order valence-electron chi connectivity index (χ3n) is 3.70. The number of hydrogen-bond acceptors (Lipinski definition) is 4. The molecule has 0 bridgehead atoms. The van der Waals surface area contributed by atoms with Gasteiger partial charge in [-0.1, -0.05) is 12.1 Å². The van der Waals surface area contributed by atoms with E-state index >= 15 is 0 Å². The van der Waals surface area contributed by atoms with Crippen LogP contribution in [0.5, 0.6) is 5.75 Å². The van der Waals surface area contributed by atoms with Crippen LogP contribution in [0.3, 0.4) is 0 Å². The molecule has 2 aromatic rings. The minimum atomic E-state index is 0.502. The highest BCUT2D eigenvalue weighted by atomic mass is 16.5. The summed E-state index contributed by atoms with van der Waals surface area (Å²) in [5.74, 6) is 3.14. The number of ether oxygens (including phenoxy) is 1. The molecule has 1 aromatic heterocycles. The van der Waals surface area contributed by atoms with Gasteiger partial charge in [-0.3, -0.25) is 0 Å². The number of guanidine groups is 1. The van der Waals surface area contributed by atoms with Crippen molar-refractivity contribution in [3.8, 4) is 5.75 Å². The Kier molecular flexibility index (Phi) is 6.23.